The lowest BCUT2D eigenvalue weighted by molar-refractivity contribution is -0.00541. The van der Waals surface area contributed by atoms with Crippen LogP contribution in [0.25, 0.3) is 0 Å². The minimum atomic E-state index is -0.528. The molecule has 0 aromatic carbocycles. The van der Waals surface area contributed by atoms with Gasteiger partial charge in [-0.1, -0.05) is 12.8 Å². The van der Waals surface area contributed by atoms with E-state index in [2.05, 4.69) is 20.2 Å². The van der Waals surface area contributed by atoms with Crippen LogP contribution in [0.15, 0.2) is 12.4 Å². The lowest BCUT2D eigenvalue weighted by Crippen LogP contribution is -2.49. The number of carbonyl (C=O) groups is 1. The molecule has 2 atom stereocenters. The van der Waals surface area contributed by atoms with Crippen LogP contribution in [0.2, 0.25) is 0 Å². The molecule has 2 heterocycles. The molecule has 23 heavy (non-hydrogen) atoms. The fourth-order valence-electron chi connectivity index (χ4n) is 3.64. The van der Waals surface area contributed by atoms with Gasteiger partial charge in [0, 0.05) is 31.7 Å². The highest BCUT2D eigenvalue weighted by Gasteiger charge is 2.30. The number of hydrogen-bond acceptors (Lipinski definition) is 6. The third-order valence-corrected chi connectivity index (χ3v) is 4.85. The van der Waals surface area contributed by atoms with Gasteiger partial charge in [-0.25, -0.2) is 9.97 Å². The Hall–Kier alpha value is -1.73. The molecule has 2 fully saturated rings. The average Bonchev–Trinajstić information content (AvgIpc) is 2.61. The Morgan fingerprint density at radius 1 is 1.30 bits per heavy atom. The number of aromatic nitrogens is 2. The number of morpholine rings is 1. The molecule has 1 saturated heterocycles. The fraction of sp³-hybridized carbons (Fsp3) is 0.688. The van der Waals surface area contributed by atoms with Gasteiger partial charge in [-0.15, -0.1) is 0 Å². The molecule has 7 nitrogen and oxygen atoms in total. The van der Waals surface area contributed by atoms with Gasteiger partial charge in [0.05, 0.1) is 13.2 Å². The van der Waals surface area contributed by atoms with Crippen LogP contribution in [0.4, 0.5) is 5.82 Å². The first kappa shape index (κ1) is 16.1. The SMILES string of the molecule is NC(=O)c1cc(NC[C@@H]2CCCC[C@@H]2N2CCOCC2)ncn1. The van der Waals surface area contributed by atoms with Gasteiger partial charge in [0.25, 0.3) is 5.91 Å². The third kappa shape index (κ3) is 4.17. The molecule has 0 radical (unpaired) electrons. The summed E-state index contributed by atoms with van der Waals surface area (Å²) in [6, 6.07) is 2.23. The van der Waals surface area contributed by atoms with E-state index in [4.69, 9.17) is 10.5 Å². The van der Waals surface area contributed by atoms with Crippen molar-refractivity contribution in [2.24, 2.45) is 11.7 Å². The Balaban J connectivity index is 1.60. The van der Waals surface area contributed by atoms with Crippen LogP contribution in [-0.4, -0.2) is 59.7 Å². The predicted molar refractivity (Wildman–Crippen MR) is 87.2 cm³/mol. The maximum absolute atomic E-state index is 11.2. The van der Waals surface area contributed by atoms with Crippen molar-refractivity contribution in [3.63, 3.8) is 0 Å². The Bertz CT molecular complexity index is 533. The van der Waals surface area contributed by atoms with Crippen LogP contribution >= 0.6 is 0 Å². The van der Waals surface area contributed by atoms with Crippen molar-refractivity contribution >= 4 is 11.7 Å². The smallest absolute Gasteiger partial charge is 0.267 e. The predicted octanol–water partition coefficient (Wildman–Crippen LogP) is 0.878. The van der Waals surface area contributed by atoms with Crippen molar-refractivity contribution < 1.29 is 9.53 Å². The second-order valence-corrected chi connectivity index (χ2v) is 6.29. The monoisotopic (exact) mass is 319 g/mol. The maximum atomic E-state index is 11.2. The first-order valence-corrected chi connectivity index (χ1v) is 8.41. The average molecular weight is 319 g/mol. The van der Waals surface area contributed by atoms with E-state index in [1.165, 1.54) is 32.0 Å². The van der Waals surface area contributed by atoms with Crippen LogP contribution < -0.4 is 11.1 Å². The van der Waals surface area contributed by atoms with Gasteiger partial charge in [0.15, 0.2) is 0 Å². The van der Waals surface area contributed by atoms with Crippen molar-refractivity contribution in [1.82, 2.24) is 14.9 Å². The molecule has 1 aromatic rings. The van der Waals surface area contributed by atoms with E-state index in [0.29, 0.717) is 17.8 Å². The minimum Gasteiger partial charge on any atom is -0.379 e. The quantitative estimate of drug-likeness (QED) is 0.837. The zero-order valence-corrected chi connectivity index (χ0v) is 13.4. The van der Waals surface area contributed by atoms with E-state index in [0.717, 1.165) is 32.8 Å². The van der Waals surface area contributed by atoms with Gasteiger partial charge >= 0.3 is 0 Å². The summed E-state index contributed by atoms with van der Waals surface area (Å²) in [5.41, 5.74) is 5.51. The van der Waals surface area contributed by atoms with Gasteiger partial charge < -0.3 is 15.8 Å². The summed E-state index contributed by atoms with van der Waals surface area (Å²) in [5.74, 6) is 0.730. The molecule has 1 saturated carbocycles. The van der Waals surface area contributed by atoms with E-state index in [1.54, 1.807) is 6.07 Å². The third-order valence-electron chi connectivity index (χ3n) is 4.85. The van der Waals surface area contributed by atoms with Crippen LogP contribution in [0.1, 0.15) is 36.2 Å². The highest BCUT2D eigenvalue weighted by Crippen LogP contribution is 2.29. The van der Waals surface area contributed by atoms with Gasteiger partial charge in [0.1, 0.15) is 17.8 Å². The number of primary amides is 1. The summed E-state index contributed by atoms with van der Waals surface area (Å²) < 4.78 is 5.47. The molecular formula is C16H25N5O2. The molecule has 1 aliphatic carbocycles. The van der Waals surface area contributed by atoms with Gasteiger partial charge in [-0.2, -0.15) is 0 Å². The number of carbonyl (C=O) groups excluding carboxylic acids is 1. The zero-order valence-electron chi connectivity index (χ0n) is 13.4. The Kier molecular flexibility index (Phi) is 5.40. The molecule has 126 valence electrons. The van der Waals surface area contributed by atoms with Crippen molar-refractivity contribution in [3.8, 4) is 0 Å². The highest BCUT2D eigenvalue weighted by molar-refractivity contribution is 5.91. The Morgan fingerprint density at radius 2 is 2.09 bits per heavy atom. The number of amides is 1. The number of nitrogens with zero attached hydrogens (tertiary/aromatic N) is 3. The molecule has 1 aliphatic heterocycles. The molecule has 0 unspecified atom stereocenters. The topological polar surface area (TPSA) is 93.4 Å². The number of nitrogens with two attached hydrogens (primary N) is 1. The molecular weight excluding hydrogens is 294 g/mol. The largest absolute Gasteiger partial charge is 0.379 e. The standard InChI is InChI=1S/C16H25N5O2/c17-16(22)13-9-15(20-11-19-13)18-10-12-3-1-2-4-14(12)21-5-7-23-8-6-21/h9,11-12,14H,1-8,10H2,(H2,17,22)(H,18,19,20)/t12-,14-/m0/s1. The lowest BCUT2D eigenvalue weighted by Gasteiger charge is -2.41. The van der Waals surface area contributed by atoms with Gasteiger partial charge in [-0.3, -0.25) is 9.69 Å². The van der Waals surface area contributed by atoms with Crippen LogP contribution in [0.3, 0.4) is 0 Å². The van der Waals surface area contributed by atoms with E-state index >= 15 is 0 Å². The van der Waals surface area contributed by atoms with Crippen LogP contribution in [-0.2, 0) is 4.74 Å². The summed E-state index contributed by atoms with van der Waals surface area (Å²) in [6.07, 6.45) is 6.44. The summed E-state index contributed by atoms with van der Waals surface area (Å²) in [4.78, 5) is 21.8. The first-order chi connectivity index (χ1) is 11.2. The van der Waals surface area contributed by atoms with Crippen molar-refractivity contribution in [2.45, 2.75) is 31.7 Å². The maximum Gasteiger partial charge on any atom is 0.267 e. The summed E-state index contributed by atoms with van der Waals surface area (Å²) >= 11 is 0. The fourth-order valence-corrected chi connectivity index (χ4v) is 3.64. The number of rotatable bonds is 5. The van der Waals surface area contributed by atoms with Crippen LogP contribution in [0, 0.1) is 5.92 Å². The summed E-state index contributed by atoms with van der Waals surface area (Å²) in [6.45, 7) is 4.59. The van der Waals surface area contributed by atoms with Gasteiger partial charge in [0.2, 0.25) is 0 Å². The highest BCUT2D eigenvalue weighted by atomic mass is 16.5. The van der Waals surface area contributed by atoms with E-state index in [-0.39, 0.29) is 5.69 Å². The molecule has 3 rings (SSSR count). The summed E-state index contributed by atoms with van der Waals surface area (Å²) in [5, 5.41) is 3.36. The number of nitrogens with one attached hydrogen (secondary N) is 1. The minimum absolute atomic E-state index is 0.246. The first-order valence-electron chi connectivity index (χ1n) is 8.41. The van der Waals surface area contributed by atoms with E-state index in [9.17, 15) is 4.79 Å². The Morgan fingerprint density at radius 3 is 2.87 bits per heavy atom. The Labute approximate surface area is 136 Å². The molecule has 0 bridgehead atoms. The second kappa shape index (κ2) is 7.70. The lowest BCUT2D eigenvalue weighted by atomic mass is 9.83. The van der Waals surface area contributed by atoms with Crippen molar-refractivity contribution in [1.29, 1.82) is 0 Å². The molecule has 0 spiro atoms. The zero-order chi connectivity index (χ0) is 16.1. The molecule has 7 heteroatoms. The van der Waals surface area contributed by atoms with Crippen molar-refractivity contribution in [2.75, 3.05) is 38.2 Å². The molecule has 1 aromatic heterocycles. The molecule has 1 amide bonds. The molecule has 2 aliphatic rings. The van der Waals surface area contributed by atoms with E-state index < -0.39 is 5.91 Å². The number of hydrogen-bond donors (Lipinski definition) is 2. The summed E-state index contributed by atoms with van der Waals surface area (Å²) in [7, 11) is 0. The molecule has 3 N–H and O–H groups in total. The van der Waals surface area contributed by atoms with Gasteiger partial charge in [-0.05, 0) is 18.8 Å². The number of ether oxygens (including phenoxy) is 1. The van der Waals surface area contributed by atoms with E-state index in [1.807, 2.05) is 0 Å². The van der Waals surface area contributed by atoms with Crippen LogP contribution in [0.5, 0.6) is 0 Å². The normalized spacial score (nSPS) is 25.9. The second-order valence-electron chi connectivity index (χ2n) is 6.29. The number of anilines is 1. The van der Waals surface area contributed by atoms with Crippen molar-refractivity contribution in [3.05, 3.63) is 18.1 Å².